The number of aliphatic hydroxyl groups is 1. The normalized spacial score (nSPS) is 21.9. The van der Waals surface area contributed by atoms with E-state index in [2.05, 4.69) is 5.10 Å². The molecule has 3 aromatic rings. The number of carbonyl (C=O) groups is 1. The highest BCUT2D eigenvalue weighted by atomic mass is 16.3. The lowest BCUT2D eigenvalue weighted by atomic mass is 9.79. The topological polar surface area (TPSA) is 78.7 Å². The number of aromatic nitrogens is 2. The van der Waals surface area contributed by atoms with Gasteiger partial charge in [0.15, 0.2) is 5.69 Å². The molecular weight excluding hydrogens is 380 g/mol. The molecule has 1 fully saturated rings. The fourth-order valence-electron chi connectivity index (χ4n) is 4.37. The zero-order valence-corrected chi connectivity index (χ0v) is 17.4. The molecule has 1 N–H and O–H groups in total. The van der Waals surface area contributed by atoms with Gasteiger partial charge in [0, 0.05) is 25.5 Å². The van der Waals surface area contributed by atoms with Crippen molar-refractivity contribution < 1.29 is 9.90 Å². The van der Waals surface area contributed by atoms with Gasteiger partial charge in [0.2, 0.25) is 0 Å². The van der Waals surface area contributed by atoms with Crippen LogP contribution >= 0.6 is 0 Å². The van der Waals surface area contributed by atoms with Gasteiger partial charge in [0.1, 0.15) is 5.60 Å². The van der Waals surface area contributed by atoms with E-state index < -0.39 is 5.60 Å². The summed E-state index contributed by atoms with van der Waals surface area (Å²) in [5.41, 5.74) is -0.178. The quantitative estimate of drug-likeness (QED) is 0.715. The van der Waals surface area contributed by atoms with Gasteiger partial charge in [-0.05, 0) is 32.1 Å². The second-order valence-corrected chi connectivity index (χ2v) is 8.09. The minimum absolute atomic E-state index is 0.231. The molecule has 0 aliphatic carbocycles. The molecule has 1 aliphatic rings. The first kappa shape index (κ1) is 20.3. The molecule has 0 bridgehead atoms. The van der Waals surface area contributed by atoms with Crippen molar-refractivity contribution in [2.75, 3.05) is 27.2 Å². The number of hydrogen-bond acceptors (Lipinski definition) is 5. The summed E-state index contributed by atoms with van der Waals surface area (Å²) in [6, 6.07) is 16.4. The Bertz CT molecular complexity index is 1140. The molecule has 1 amide bonds. The molecule has 0 unspecified atom stereocenters. The Hall–Kier alpha value is -3.03. The maximum atomic E-state index is 13.4. The molecule has 156 valence electrons. The smallest absolute Gasteiger partial charge is 0.275 e. The SMILES string of the molecule is CN(C)[C@@H]1CN(C(=O)c2nn(C)c(=O)c3ccccc23)CC[C@]1(O)c1ccccc1. The summed E-state index contributed by atoms with van der Waals surface area (Å²) >= 11 is 0. The highest BCUT2D eigenvalue weighted by Gasteiger charge is 2.45. The first-order chi connectivity index (χ1) is 14.3. The van der Waals surface area contributed by atoms with Crippen LogP contribution in [-0.2, 0) is 12.6 Å². The van der Waals surface area contributed by atoms with Crippen LogP contribution in [-0.4, -0.2) is 63.8 Å². The average Bonchev–Trinajstić information content (AvgIpc) is 2.76. The van der Waals surface area contributed by atoms with E-state index in [4.69, 9.17) is 0 Å². The van der Waals surface area contributed by atoms with Crippen molar-refractivity contribution in [3.63, 3.8) is 0 Å². The van der Waals surface area contributed by atoms with Gasteiger partial charge in [0.25, 0.3) is 11.5 Å². The maximum Gasteiger partial charge on any atom is 0.275 e. The van der Waals surface area contributed by atoms with Gasteiger partial charge in [-0.3, -0.25) is 9.59 Å². The van der Waals surface area contributed by atoms with Gasteiger partial charge in [-0.25, -0.2) is 4.68 Å². The van der Waals surface area contributed by atoms with Crippen molar-refractivity contribution in [2.24, 2.45) is 7.05 Å². The van der Waals surface area contributed by atoms with E-state index in [1.54, 1.807) is 36.2 Å². The molecule has 1 aromatic heterocycles. The van der Waals surface area contributed by atoms with E-state index in [-0.39, 0.29) is 23.2 Å². The largest absolute Gasteiger partial charge is 0.383 e. The maximum absolute atomic E-state index is 13.4. The second kappa shape index (κ2) is 7.66. The molecule has 4 rings (SSSR count). The van der Waals surface area contributed by atoms with E-state index in [9.17, 15) is 14.7 Å². The van der Waals surface area contributed by atoms with Gasteiger partial charge in [-0.2, -0.15) is 5.10 Å². The van der Waals surface area contributed by atoms with Crippen molar-refractivity contribution in [1.82, 2.24) is 19.6 Å². The lowest BCUT2D eigenvalue weighted by Gasteiger charge is -2.47. The Labute approximate surface area is 175 Å². The first-order valence-electron chi connectivity index (χ1n) is 10.0. The van der Waals surface area contributed by atoms with E-state index in [0.717, 1.165) is 5.56 Å². The van der Waals surface area contributed by atoms with E-state index >= 15 is 0 Å². The summed E-state index contributed by atoms with van der Waals surface area (Å²) < 4.78 is 1.21. The molecule has 7 heteroatoms. The predicted molar refractivity (Wildman–Crippen MR) is 115 cm³/mol. The van der Waals surface area contributed by atoms with Gasteiger partial charge in [-0.15, -0.1) is 0 Å². The first-order valence-corrected chi connectivity index (χ1v) is 10.0. The third kappa shape index (κ3) is 3.30. The molecule has 1 saturated heterocycles. The molecule has 0 radical (unpaired) electrons. The van der Waals surface area contributed by atoms with Gasteiger partial charge >= 0.3 is 0 Å². The van der Waals surface area contributed by atoms with Crippen LogP contribution < -0.4 is 5.56 Å². The minimum Gasteiger partial charge on any atom is -0.383 e. The van der Waals surface area contributed by atoms with Gasteiger partial charge in [-0.1, -0.05) is 48.5 Å². The molecule has 7 nitrogen and oxygen atoms in total. The van der Waals surface area contributed by atoms with Crippen LogP contribution in [0.1, 0.15) is 22.5 Å². The number of nitrogens with zero attached hydrogens (tertiary/aromatic N) is 4. The number of likely N-dealkylation sites (tertiary alicyclic amines) is 1. The fourth-order valence-corrected chi connectivity index (χ4v) is 4.37. The molecule has 1 aliphatic heterocycles. The van der Waals surface area contributed by atoms with Crippen LogP contribution in [0.15, 0.2) is 59.4 Å². The highest BCUT2D eigenvalue weighted by Crippen LogP contribution is 2.35. The third-order valence-corrected chi connectivity index (χ3v) is 6.05. The Kier molecular flexibility index (Phi) is 5.17. The van der Waals surface area contributed by atoms with Crippen molar-refractivity contribution in [3.8, 4) is 0 Å². The van der Waals surface area contributed by atoms with Crippen molar-refractivity contribution in [3.05, 3.63) is 76.2 Å². The zero-order valence-electron chi connectivity index (χ0n) is 17.4. The number of amides is 1. The standard InChI is InChI=1S/C23H26N4O3/c1-25(2)19-15-27(14-13-23(19,30)16-9-5-4-6-10-16)22(29)20-17-11-7-8-12-18(17)21(28)26(3)24-20/h4-12,19,30H,13-15H2,1-3H3/t19-,23+/m1/s1. The molecular formula is C23H26N4O3. The van der Waals surface area contributed by atoms with Crippen LogP contribution in [0, 0.1) is 0 Å². The summed E-state index contributed by atoms with van der Waals surface area (Å²) in [5.74, 6) is -0.233. The zero-order chi connectivity index (χ0) is 21.5. The lowest BCUT2D eigenvalue weighted by molar-refractivity contribution is -0.0811. The third-order valence-electron chi connectivity index (χ3n) is 6.05. The molecule has 30 heavy (non-hydrogen) atoms. The Morgan fingerprint density at radius 1 is 1.10 bits per heavy atom. The summed E-state index contributed by atoms with van der Waals surface area (Å²) in [6.07, 6.45) is 0.412. The average molecular weight is 406 g/mol. The molecule has 0 saturated carbocycles. The van der Waals surface area contributed by atoms with Crippen LogP contribution in [0.3, 0.4) is 0 Å². The fraction of sp³-hybridized carbons (Fsp3) is 0.348. The second-order valence-electron chi connectivity index (χ2n) is 8.09. The van der Waals surface area contributed by atoms with Crippen LogP contribution in [0.2, 0.25) is 0 Å². The van der Waals surface area contributed by atoms with Crippen molar-refractivity contribution in [1.29, 1.82) is 0 Å². The van der Waals surface area contributed by atoms with Gasteiger partial charge in [0.05, 0.1) is 11.4 Å². The molecule has 2 atom stereocenters. The number of carbonyl (C=O) groups excluding carboxylic acids is 1. The van der Waals surface area contributed by atoms with Crippen LogP contribution in [0.4, 0.5) is 0 Å². The van der Waals surface area contributed by atoms with E-state index in [0.29, 0.717) is 30.3 Å². The predicted octanol–water partition coefficient (Wildman–Crippen LogP) is 1.60. The summed E-state index contributed by atoms with van der Waals surface area (Å²) in [5, 5.41) is 16.9. The number of rotatable bonds is 3. The lowest BCUT2D eigenvalue weighted by Crippen LogP contribution is -2.60. The van der Waals surface area contributed by atoms with Crippen molar-refractivity contribution in [2.45, 2.75) is 18.1 Å². The Morgan fingerprint density at radius 2 is 1.73 bits per heavy atom. The van der Waals surface area contributed by atoms with E-state index in [1.807, 2.05) is 49.3 Å². The minimum atomic E-state index is -1.05. The number of piperidine rings is 1. The van der Waals surface area contributed by atoms with Crippen LogP contribution in [0.25, 0.3) is 10.8 Å². The summed E-state index contributed by atoms with van der Waals surface area (Å²) in [6.45, 7) is 0.753. The monoisotopic (exact) mass is 406 g/mol. The number of hydrogen-bond donors (Lipinski definition) is 1. The summed E-state index contributed by atoms with van der Waals surface area (Å²) in [4.78, 5) is 29.5. The molecule has 2 heterocycles. The highest BCUT2D eigenvalue weighted by molar-refractivity contribution is 6.04. The Morgan fingerprint density at radius 3 is 2.40 bits per heavy atom. The van der Waals surface area contributed by atoms with Crippen molar-refractivity contribution >= 4 is 16.7 Å². The van der Waals surface area contributed by atoms with Gasteiger partial charge < -0.3 is 14.9 Å². The number of fused-ring (bicyclic) bond motifs is 1. The molecule has 0 spiro atoms. The Balaban J connectivity index is 1.70. The summed E-state index contributed by atoms with van der Waals surface area (Å²) in [7, 11) is 5.37. The molecule has 2 aromatic carbocycles. The number of likely N-dealkylation sites (N-methyl/N-ethyl adjacent to an activating group) is 1. The van der Waals surface area contributed by atoms with Crippen LogP contribution in [0.5, 0.6) is 0 Å². The van der Waals surface area contributed by atoms with E-state index in [1.165, 1.54) is 4.68 Å². The number of benzene rings is 2. The number of aryl methyl sites for hydroxylation is 1.